The van der Waals surface area contributed by atoms with Crippen LogP contribution in [0, 0.1) is 5.92 Å². The first kappa shape index (κ1) is 15.0. The fourth-order valence-electron chi connectivity index (χ4n) is 2.50. The van der Waals surface area contributed by atoms with Crippen LogP contribution in [0.3, 0.4) is 0 Å². The second-order valence-corrected chi connectivity index (χ2v) is 6.16. The van der Waals surface area contributed by atoms with E-state index >= 15 is 0 Å². The molecule has 0 saturated heterocycles. The molecule has 1 atom stereocenters. The molecule has 5 heteroatoms. The maximum atomic E-state index is 11.9. The first-order valence-electron chi connectivity index (χ1n) is 7.26. The van der Waals surface area contributed by atoms with Crippen LogP contribution in [-0.2, 0) is 16.0 Å². The zero-order chi connectivity index (χ0) is 14.4. The van der Waals surface area contributed by atoms with E-state index in [9.17, 15) is 9.59 Å². The first-order valence-corrected chi connectivity index (χ1v) is 8.20. The van der Waals surface area contributed by atoms with Crippen molar-refractivity contribution in [3.8, 4) is 0 Å². The normalized spacial score (nSPS) is 16.9. The lowest BCUT2D eigenvalue weighted by atomic mass is 10.1. The van der Waals surface area contributed by atoms with E-state index in [1.54, 1.807) is 18.3 Å². The third kappa shape index (κ3) is 4.34. The van der Waals surface area contributed by atoms with Crippen molar-refractivity contribution >= 4 is 23.2 Å². The Morgan fingerprint density at radius 3 is 2.80 bits per heavy atom. The van der Waals surface area contributed by atoms with E-state index in [-0.39, 0.29) is 17.7 Å². The predicted octanol–water partition coefficient (Wildman–Crippen LogP) is 2.10. The standard InChI is InChI=1S/C15H22N2O2S/c1-11(17-15(19)13-4-2-3-5-13)14(18)16-8-6-12-7-9-20-10-12/h7,9-11,13H,2-6,8H2,1H3,(H,16,18)(H,17,19). The van der Waals surface area contributed by atoms with Crippen molar-refractivity contribution in [3.05, 3.63) is 22.4 Å². The number of carbonyl (C=O) groups is 2. The van der Waals surface area contributed by atoms with Crippen molar-refractivity contribution in [2.24, 2.45) is 5.92 Å². The summed E-state index contributed by atoms with van der Waals surface area (Å²) in [5.41, 5.74) is 1.23. The number of thiophene rings is 1. The number of hydrogen-bond donors (Lipinski definition) is 2. The van der Waals surface area contributed by atoms with Crippen LogP contribution in [0.4, 0.5) is 0 Å². The van der Waals surface area contributed by atoms with Crippen molar-refractivity contribution < 1.29 is 9.59 Å². The van der Waals surface area contributed by atoms with E-state index in [0.717, 1.165) is 32.1 Å². The van der Waals surface area contributed by atoms with Gasteiger partial charge in [-0.15, -0.1) is 0 Å². The van der Waals surface area contributed by atoms with Crippen LogP contribution in [0.25, 0.3) is 0 Å². The van der Waals surface area contributed by atoms with Crippen LogP contribution in [0.1, 0.15) is 38.2 Å². The summed E-state index contributed by atoms with van der Waals surface area (Å²) in [4.78, 5) is 23.8. The van der Waals surface area contributed by atoms with Gasteiger partial charge in [0.2, 0.25) is 11.8 Å². The third-order valence-electron chi connectivity index (χ3n) is 3.77. The van der Waals surface area contributed by atoms with E-state index in [1.165, 1.54) is 5.56 Å². The maximum Gasteiger partial charge on any atom is 0.242 e. The van der Waals surface area contributed by atoms with Gasteiger partial charge in [0.15, 0.2) is 0 Å². The van der Waals surface area contributed by atoms with Crippen molar-refractivity contribution in [1.29, 1.82) is 0 Å². The van der Waals surface area contributed by atoms with E-state index in [4.69, 9.17) is 0 Å². The van der Waals surface area contributed by atoms with Gasteiger partial charge in [0.25, 0.3) is 0 Å². The van der Waals surface area contributed by atoms with Crippen molar-refractivity contribution in [2.45, 2.75) is 45.1 Å². The highest BCUT2D eigenvalue weighted by atomic mass is 32.1. The molecule has 1 aliphatic rings. The zero-order valence-corrected chi connectivity index (χ0v) is 12.7. The second kappa shape index (κ2) is 7.43. The Hall–Kier alpha value is -1.36. The van der Waals surface area contributed by atoms with Crippen LogP contribution >= 0.6 is 11.3 Å². The molecule has 1 aromatic rings. The van der Waals surface area contributed by atoms with Gasteiger partial charge in [-0.25, -0.2) is 0 Å². The molecule has 1 unspecified atom stereocenters. The number of nitrogens with one attached hydrogen (secondary N) is 2. The van der Waals surface area contributed by atoms with E-state index in [2.05, 4.69) is 22.1 Å². The largest absolute Gasteiger partial charge is 0.354 e. The van der Waals surface area contributed by atoms with Crippen LogP contribution in [-0.4, -0.2) is 24.4 Å². The zero-order valence-electron chi connectivity index (χ0n) is 11.9. The fourth-order valence-corrected chi connectivity index (χ4v) is 3.21. The van der Waals surface area contributed by atoms with E-state index in [1.807, 2.05) is 5.38 Å². The monoisotopic (exact) mass is 294 g/mol. The van der Waals surface area contributed by atoms with Gasteiger partial charge in [-0.2, -0.15) is 11.3 Å². The van der Waals surface area contributed by atoms with Gasteiger partial charge in [-0.3, -0.25) is 9.59 Å². The summed E-state index contributed by atoms with van der Waals surface area (Å²) in [5, 5.41) is 9.79. The van der Waals surface area contributed by atoms with Gasteiger partial charge in [-0.1, -0.05) is 12.8 Å². The molecule has 1 heterocycles. The summed E-state index contributed by atoms with van der Waals surface area (Å²) >= 11 is 1.66. The van der Waals surface area contributed by atoms with Gasteiger partial charge < -0.3 is 10.6 Å². The summed E-state index contributed by atoms with van der Waals surface area (Å²) < 4.78 is 0. The molecule has 0 spiro atoms. The van der Waals surface area contributed by atoms with E-state index < -0.39 is 6.04 Å². The lowest BCUT2D eigenvalue weighted by Gasteiger charge is -2.16. The molecule has 4 nitrogen and oxygen atoms in total. The van der Waals surface area contributed by atoms with Crippen LogP contribution in [0.5, 0.6) is 0 Å². The minimum absolute atomic E-state index is 0.0305. The molecule has 2 rings (SSSR count). The highest BCUT2D eigenvalue weighted by Crippen LogP contribution is 2.24. The van der Waals surface area contributed by atoms with Gasteiger partial charge in [0.1, 0.15) is 6.04 Å². The lowest BCUT2D eigenvalue weighted by molar-refractivity contribution is -0.130. The van der Waals surface area contributed by atoms with Gasteiger partial charge in [-0.05, 0) is 48.6 Å². The fraction of sp³-hybridized carbons (Fsp3) is 0.600. The number of rotatable bonds is 6. The summed E-state index contributed by atoms with van der Waals surface area (Å²) in [6.07, 6.45) is 4.99. The Balaban J connectivity index is 1.67. The average molecular weight is 294 g/mol. The SMILES string of the molecule is CC(NC(=O)C1CCCC1)C(=O)NCCc1ccsc1. The Morgan fingerprint density at radius 1 is 1.40 bits per heavy atom. The minimum Gasteiger partial charge on any atom is -0.354 e. The average Bonchev–Trinajstić information content (AvgIpc) is 3.11. The molecule has 20 heavy (non-hydrogen) atoms. The highest BCUT2D eigenvalue weighted by molar-refractivity contribution is 7.07. The summed E-state index contributed by atoms with van der Waals surface area (Å²) in [6, 6.07) is 1.60. The Labute approximate surface area is 124 Å². The quantitative estimate of drug-likeness (QED) is 0.844. The lowest BCUT2D eigenvalue weighted by Crippen LogP contribution is -2.46. The number of amides is 2. The van der Waals surface area contributed by atoms with Crippen LogP contribution in [0.2, 0.25) is 0 Å². The molecular weight excluding hydrogens is 272 g/mol. The van der Waals surface area contributed by atoms with Crippen molar-refractivity contribution in [1.82, 2.24) is 10.6 Å². The second-order valence-electron chi connectivity index (χ2n) is 5.38. The molecule has 0 aliphatic heterocycles. The molecule has 110 valence electrons. The molecular formula is C15H22N2O2S. The van der Waals surface area contributed by atoms with E-state index in [0.29, 0.717) is 6.54 Å². The summed E-state index contributed by atoms with van der Waals surface area (Å²) in [7, 11) is 0. The molecule has 1 saturated carbocycles. The Bertz CT molecular complexity index is 439. The molecule has 1 aromatic heterocycles. The van der Waals surface area contributed by atoms with Crippen LogP contribution in [0.15, 0.2) is 16.8 Å². The molecule has 2 N–H and O–H groups in total. The molecule has 2 amide bonds. The smallest absolute Gasteiger partial charge is 0.242 e. The molecule has 0 bridgehead atoms. The molecule has 0 radical (unpaired) electrons. The molecule has 1 fully saturated rings. The van der Waals surface area contributed by atoms with Crippen molar-refractivity contribution in [2.75, 3.05) is 6.54 Å². The number of carbonyl (C=O) groups excluding carboxylic acids is 2. The Morgan fingerprint density at radius 2 is 2.15 bits per heavy atom. The summed E-state index contributed by atoms with van der Waals surface area (Å²) in [6.45, 7) is 2.35. The van der Waals surface area contributed by atoms with Gasteiger partial charge in [0.05, 0.1) is 0 Å². The third-order valence-corrected chi connectivity index (χ3v) is 4.50. The predicted molar refractivity (Wildman–Crippen MR) is 80.6 cm³/mol. The summed E-state index contributed by atoms with van der Waals surface area (Å²) in [5.74, 6) is 0.0330. The van der Waals surface area contributed by atoms with Crippen molar-refractivity contribution in [3.63, 3.8) is 0 Å². The highest BCUT2D eigenvalue weighted by Gasteiger charge is 2.25. The minimum atomic E-state index is -0.453. The topological polar surface area (TPSA) is 58.2 Å². The van der Waals surface area contributed by atoms with Gasteiger partial charge >= 0.3 is 0 Å². The maximum absolute atomic E-state index is 11.9. The number of hydrogen-bond acceptors (Lipinski definition) is 3. The molecule has 1 aliphatic carbocycles. The first-order chi connectivity index (χ1) is 9.66. The van der Waals surface area contributed by atoms with Gasteiger partial charge in [0, 0.05) is 12.5 Å². The Kier molecular flexibility index (Phi) is 5.59. The molecule has 0 aromatic carbocycles. The van der Waals surface area contributed by atoms with Crippen LogP contribution < -0.4 is 10.6 Å².